The number of hydrogen-bond acceptors (Lipinski definition) is 3. The lowest BCUT2D eigenvalue weighted by atomic mass is 10.1. The fourth-order valence-corrected chi connectivity index (χ4v) is 1.77. The summed E-state index contributed by atoms with van der Waals surface area (Å²) in [5, 5.41) is 0. The van der Waals surface area contributed by atoms with Crippen molar-refractivity contribution in [2.75, 3.05) is 26.7 Å². The average Bonchev–Trinajstić information content (AvgIpc) is 2.20. The Hall–Kier alpha value is -0.610. The van der Waals surface area contributed by atoms with Crippen molar-refractivity contribution in [1.82, 2.24) is 9.80 Å². The Kier molecular flexibility index (Phi) is 3.89. The fourth-order valence-electron chi connectivity index (χ4n) is 1.77. The summed E-state index contributed by atoms with van der Waals surface area (Å²) >= 11 is 0. The van der Waals surface area contributed by atoms with Gasteiger partial charge in [0, 0.05) is 26.2 Å². The van der Waals surface area contributed by atoms with Crippen molar-refractivity contribution in [2.24, 2.45) is 5.73 Å². The van der Waals surface area contributed by atoms with Crippen LogP contribution in [-0.4, -0.2) is 54.5 Å². The quantitative estimate of drug-likeness (QED) is 0.690. The summed E-state index contributed by atoms with van der Waals surface area (Å²) in [7, 11) is 1.84. The summed E-state index contributed by atoms with van der Waals surface area (Å²) in [5.74, 6) is 0.187. The Morgan fingerprint density at radius 2 is 2.29 bits per heavy atom. The van der Waals surface area contributed by atoms with Gasteiger partial charge in [0.05, 0.1) is 12.6 Å². The molecule has 0 aliphatic carbocycles. The summed E-state index contributed by atoms with van der Waals surface area (Å²) in [4.78, 5) is 15.6. The Morgan fingerprint density at radius 3 is 2.79 bits per heavy atom. The van der Waals surface area contributed by atoms with Gasteiger partial charge in [0.2, 0.25) is 5.91 Å². The van der Waals surface area contributed by atoms with E-state index < -0.39 is 0 Å². The smallest absolute Gasteiger partial charge is 0.236 e. The molecule has 0 bridgehead atoms. The normalized spacial score (nSPS) is 26.7. The van der Waals surface area contributed by atoms with Gasteiger partial charge in [0.25, 0.3) is 0 Å². The highest BCUT2D eigenvalue weighted by Gasteiger charge is 2.30. The van der Waals surface area contributed by atoms with Gasteiger partial charge in [-0.3, -0.25) is 9.69 Å². The number of nitrogens with two attached hydrogens (primary N) is 1. The van der Waals surface area contributed by atoms with Crippen molar-refractivity contribution in [2.45, 2.75) is 32.4 Å². The first-order valence-corrected chi connectivity index (χ1v) is 5.29. The minimum Gasteiger partial charge on any atom is -0.339 e. The van der Waals surface area contributed by atoms with E-state index in [2.05, 4.69) is 18.7 Å². The maximum atomic E-state index is 11.6. The molecule has 4 heteroatoms. The van der Waals surface area contributed by atoms with E-state index >= 15 is 0 Å². The van der Waals surface area contributed by atoms with Crippen LogP contribution < -0.4 is 5.73 Å². The maximum Gasteiger partial charge on any atom is 0.236 e. The molecule has 2 atom stereocenters. The first-order valence-electron chi connectivity index (χ1n) is 5.29. The van der Waals surface area contributed by atoms with Crippen LogP contribution >= 0.6 is 0 Å². The summed E-state index contributed by atoms with van der Waals surface area (Å²) in [5.41, 5.74) is 5.64. The van der Waals surface area contributed by atoms with Gasteiger partial charge in [-0.15, -0.1) is 0 Å². The third-order valence-electron chi connectivity index (χ3n) is 3.21. The van der Waals surface area contributed by atoms with E-state index in [0.717, 1.165) is 13.0 Å². The number of nitrogens with zero attached hydrogens (tertiary/aromatic N) is 2. The van der Waals surface area contributed by atoms with Crippen LogP contribution in [0.2, 0.25) is 0 Å². The molecule has 2 unspecified atom stereocenters. The molecule has 14 heavy (non-hydrogen) atoms. The molecular formula is C10H21N3O. The van der Waals surface area contributed by atoms with Crippen molar-refractivity contribution in [3.8, 4) is 0 Å². The molecule has 1 fully saturated rings. The molecule has 1 saturated heterocycles. The van der Waals surface area contributed by atoms with Crippen molar-refractivity contribution in [3.63, 3.8) is 0 Å². The Balaban J connectivity index is 2.62. The minimum atomic E-state index is 0.185. The van der Waals surface area contributed by atoms with Crippen molar-refractivity contribution in [3.05, 3.63) is 0 Å². The van der Waals surface area contributed by atoms with E-state index in [0.29, 0.717) is 19.1 Å². The summed E-state index contributed by atoms with van der Waals surface area (Å²) in [6, 6.07) is 0.659. The maximum absolute atomic E-state index is 11.6. The number of likely N-dealkylation sites (N-methyl/N-ethyl adjacent to an activating group) is 1. The molecule has 82 valence electrons. The van der Waals surface area contributed by atoms with Gasteiger partial charge in [-0.25, -0.2) is 0 Å². The molecule has 0 aromatic heterocycles. The van der Waals surface area contributed by atoms with Crippen LogP contribution in [0, 0.1) is 0 Å². The van der Waals surface area contributed by atoms with Crippen LogP contribution in [0.5, 0.6) is 0 Å². The van der Waals surface area contributed by atoms with Gasteiger partial charge in [-0.1, -0.05) is 6.92 Å². The summed E-state index contributed by atoms with van der Waals surface area (Å²) in [6.07, 6.45) is 1.08. The number of rotatable bonds is 3. The molecule has 0 saturated carbocycles. The molecule has 1 amide bonds. The molecule has 0 aromatic carbocycles. The average molecular weight is 199 g/mol. The first kappa shape index (κ1) is 11.5. The van der Waals surface area contributed by atoms with Crippen LogP contribution in [0.15, 0.2) is 0 Å². The lowest BCUT2D eigenvalue weighted by Gasteiger charge is -2.41. The molecule has 1 rings (SSSR count). The van der Waals surface area contributed by atoms with E-state index in [1.165, 1.54) is 0 Å². The zero-order chi connectivity index (χ0) is 10.7. The van der Waals surface area contributed by atoms with E-state index in [9.17, 15) is 4.79 Å². The van der Waals surface area contributed by atoms with Crippen molar-refractivity contribution >= 4 is 5.91 Å². The fraction of sp³-hybridized carbons (Fsp3) is 0.900. The molecule has 4 nitrogen and oxygen atoms in total. The molecule has 1 aliphatic heterocycles. The number of carbonyl (C=O) groups excluding carboxylic acids is 1. The van der Waals surface area contributed by atoms with Gasteiger partial charge in [-0.05, 0) is 13.3 Å². The molecule has 1 heterocycles. The van der Waals surface area contributed by atoms with Gasteiger partial charge in [0.1, 0.15) is 0 Å². The Labute approximate surface area is 86.0 Å². The predicted octanol–water partition coefficient (Wildman–Crippen LogP) is -0.114. The highest BCUT2D eigenvalue weighted by Crippen LogP contribution is 2.12. The highest BCUT2D eigenvalue weighted by atomic mass is 16.2. The van der Waals surface area contributed by atoms with Gasteiger partial charge < -0.3 is 10.6 Å². The monoisotopic (exact) mass is 199 g/mol. The molecule has 2 N–H and O–H groups in total. The van der Waals surface area contributed by atoms with E-state index in [-0.39, 0.29) is 11.9 Å². The second-order valence-electron chi connectivity index (χ2n) is 4.08. The van der Waals surface area contributed by atoms with Crippen LogP contribution in [0.3, 0.4) is 0 Å². The van der Waals surface area contributed by atoms with Crippen LogP contribution in [0.25, 0.3) is 0 Å². The lowest BCUT2D eigenvalue weighted by molar-refractivity contribution is -0.138. The number of amides is 1. The minimum absolute atomic E-state index is 0.185. The predicted molar refractivity (Wildman–Crippen MR) is 56.9 cm³/mol. The van der Waals surface area contributed by atoms with Crippen LogP contribution in [0.1, 0.15) is 20.3 Å². The second kappa shape index (κ2) is 4.75. The number of hydrogen-bond donors (Lipinski definition) is 1. The Bertz CT molecular complexity index is 208. The zero-order valence-corrected chi connectivity index (χ0v) is 9.36. The second-order valence-corrected chi connectivity index (χ2v) is 4.08. The Morgan fingerprint density at radius 1 is 1.64 bits per heavy atom. The van der Waals surface area contributed by atoms with Crippen LogP contribution in [-0.2, 0) is 4.79 Å². The summed E-state index contributed by atoms with van der Waals surface area (Å²) < 4.78 is 0. The lowest BCUT2D eigenvalue weighted by Crippen LogP contribution is -2.59. The van der Waals surface area contributed by atoms with Crippen molar-refractivity contribution < 1.29 is 4.79 Å². The molecule has 0 aromatic rings. The van der Waals surface area contributed by atoms with E-state index in [1.54, 1.807) is 4.90 Å². The highest BCUT2D eigenvalue weighted by molar-refractivity contribution is 5.79. The first-order chi connectivity index (χ1) is 6.60. The van der Waals surface area contributed by atoms with E-state index in [4.69, 9.17) is 5.73 Å². The summed E-state index contributed by atoms with van der Waals surface area (Å²) in [6.45, 7) is 6.31. The van der Waals surface area contributed by atoms with Crippen LogP contribution in [0.4, 0.5) is 0 Å². The van der Waals surface area contributed by atoms with Gasteiger partial charge >= 0.3 is 0 Å². The molecular weight excluding hydrogens is 178 g/mol. The number of piperazine rings is 1. The SMILES string of the molecule is CCC(C)N1CC(=O)N(C)C(CN)C1. The third kappa shape index (κ3) is 2.25. The molecule has 0 spiro atoms. The topological polar surface area (TPSA) is 49.6 Å². The van der Waals surface area contributed by atoms with Crippen molar-refractivity contribution in [1.29, 1.82) is 0 Å². The molecule has 1 aliphatic rings. The standard InChI is InChI=1S/C10H21N3O/c1-4-8(2)13-6-9(5-11)12(3)10(14)7-13/h8-9H,4-7,11H2,1-3H3. The van der Waals surface area contributed by atoms with E-state index in [1.807, 2.05) is 7.05 Å². The van der Waals surface area contributed by atoms with Gasteiger partial charge in [-0.2, -0.15) is 0 Å². The molecule has 0 radical (unpaired) electrons. The zero-order valence-electron chi connectivity index (χ0n) is 9.36. The largest absolute Gasteiger partial charge is 0.339 e. The third-order valence-corrected chi connectivity index (χ3v) is 3.21. The number of carbonyl (C=O) groups is 1. The van der Waals surface area contributed by atoms with Gasteiger partial charge in [0.15, 0.2) is 0 Å².